The monoisotopic (exact) mass is 219 g/mol. The molecule has 0 aliphatic rings. The molecule has 0 radical (unpaired) electrons. The van der Waals surface area contributed by atoms with Crippen molar-refractivity contribution in [2.24, 2.45) is 5.73 Å². The van der Waals surface area contributed by atoms with Gasteiger partial charge in [0.1, 0.15) is 5.75 Å². The van der Waals surface area contributed by atoms with Crippen molar-refractivity contribution in [3.63, 3.8) is 0 Å². The molecule has 0 saturated heterocycles. The molecule has 0 fully saturated rings. The highest BCUT2D eigenvalue weighted by molar-refractivity contribution is 5.20. The van der Waals surface area contributed by atoms with E-state index in [2.05, 4.69) is 6.58 Å². The molecule has 0 heterocycles. The molecular formula is C14H21NO. The second-order valence-electron chi connectivity index (χ2n) is 4.21. The van der Waals surface area contributed by atoms with Gasteiger partial charge < -0.3 is 10.5 Å². The molecule has 0 aliphatic carbocycles. The number of rotatable bonds is 7. The molecule has 16 heavy (non-hydrogen) atoms. The predicted octanol–water partition coefficient (Wildman–Crippen LogP) is 3.14. The summed E-state index contributed by atoms with van der Waals surface area (Å²) in [4.78, 5) is 0. The van der Waals surface area contributed by atoms with E-state index in [-0.39, 0.29) is 6.04 Å². The standard InChI is InChI=1S/C14H21NO/c1-12(2)8-9-13(15)10-11-16-14-6-4-3-5-7-14/h3-7,13H,1,8-11,15H2,2H3. The van der Waals surface area contributed by atoms with E-state index >= 15 is 0 Å². The van der Waals surface area contributed by atoms with E-state index in [1.165, 1.54) is 5.57 Å². The second-order valence-corrected chi connectivity index (χ2v) is 4.21. The number of nitrogens with two attached hydrogens (primary N) is 1. The Kier molecular flexibility index (Phi) is 5.65. The first-order valence-corrected chi connectivity index (χ1v) is 5.76. The molecule has 1 unspecified atom stereocenters. The molecule has 0 amide bonds. The van der Waals surface area contributed by atoms with Gasteiger partial charge in [-0.3, -0.25) is 0 Å². The minimum atomic E-state index is 0.209. The molecule has 0 bridgehead atoms. The highest BCUT2D eigenvalue weighted by Gasteiger charge is 2.02. The average molecular weight is 219 g/mol. The second kappa shape index (κ2) is 7.07. The first kappa shape index (κ1) is 12.8. The molecule has 88 valence electrons. The van der Waals surface area contributed by atoms with Crippen LogP contribution in [0.25, 0.3) is 0 Å². The van der Waals surface area contributed by atoms with Crippen LogP contribution in [0.2, 0.25) is 0 Å². The van der Waals surface area contributed by atoms with Gasteiger partial charge in [-0.1, -0.05) is 23.8 Å². The quantitative estimate of drug-likeness (QED) is 0.715. The lowest BCUT2D eigenvalue weighted by Crippen LogP contribution is -2.22. The van der Waals surface area contributed by atoms with Gasteiger partial charge in [0, 0.05) is 6.04 Å². The van der Waals surface area contributed by atoms with Crippen LogP contribution in [-0.2, 0) is 0 Å². The van der Waals surface area contributed by atoms with Gasteiger partial charge in [-0.2, -0.15) is 0 Å². The maximum absolute atomic E-state index is 5.97. The van der Waals surface area contributed by atoms with E-state index in [0.29, 0.717) is 6.61 Å². The Balaban J connectivity index is 2.13. The SMILES string of the molecule is C=C(C)CCC(N)CCOc1ccccc1. The van der Waals surface area contributed by atoms with Crippen molar-refractivity contribution in [3.8, 4) is 5.75 Å². The Morgan fingerprint density at radius 3 is 2.62 bits per heavy atom. The molecular weight excluding hydrogens is 198 g/mol. The van der Waals surface area contributed by atoms with Gasteiger partial charge in [0.15, 0.2) is 0 Å². The van der Waals surface area contributed by atoms with Crippen molar-refractivity contribution in [2.75, 3.05) is 6.61 Å². The summed E-state index contributed by atoms with van der Waals surface area (Å²) in [5.41, 5.74) is 7.16. The highest BCUT2D eigenvalue weighted by Crippen LogP contribution is 2.10. The fourth-order valence-electron chi connectivity index (χ4n) is 1.42. The number of benzene rings is 1. The third kappa shape index (κ3) is 5.56. The van der Waals surface area contributed by atoms with Gasteiger partial charge in [-0.15, -0.1) is 6.58 Å². The van der Waals surface area contributed by atoms with Crippen molar-refractivity contribution in [1.82, 2.24) is 0 Å². The summed E-state index contributed by atoms with van der Waals surface area (Å²) in [7, 11) is 0. The van der Waals surface area contributed by atoms with Crippen LogP contribution < -0.4 is 10.5 Å². The smallest absolute Gasteiger partial charge is 0.119 e. The summed E-state index contributed by atoms with van der Waals surface area (Å²) >= 11 is 0. The molecule has 0 spiro atoms. The van der Waals surface area contributed by atoms with Gasteiger partial charge in [0.05, 0.1) is 6.61 Å². The van der Waals surface area contributed by atoms with Gasteiger partial charge in [0.25, 0.3) is 0 Å². The van der Waals surface area contributed by atoms with Crippen LogP contribution in [0.5, 0.6) is 5.75 Å². The fraction of sp³-hybridized carbons (Fsp3) is 0.429. The van der Waals surface area contributed by atoms with E-state index in [9.17, 15) is 0 Å². The number of hydrogen-bond acceptors (Lipinski definition) is 2. The molecule has 1 atom stereocenters. The fourth-order valence-corrected chi connectivity index (χ4v) is 1.42. The maximum Gasteiger partial charge on any atom is 0.119 e. The van der Waals surface area contributed by atoms with E-state index in [1.54, 1.807) is 0 Å². The molecule has 1 rings (SSSR count). The van der Waals surface area contributed by atoms with Crippen molar-refractivity contribution in [1.29, 1.82) is 0 Å². The summed E-state index contributed by atoms with van der Waals surface area (Å²) in [6.45, 7) is 6.58. The molecule has 2 nitrogen and oxygen atoms in total. The Hall–Kier alpha value is -1.28. The van der Waals surface area contributed by atoms with Crippen LogP contribution in [0.1, 0.15) is 26.2 Å². The third-order valence-corrected chi connectivity index (χ3v) is 2.44. The van der Waals surface area contributed by atoms with Gasteiger partial charge in [-0.05, 0) is 38.3 Å². The third-order valence-electron chi connectivity index (χ3n) is 2.44. The highest BCUT2D eigenvalue weighted by atomic mass is 16.5. The van der Waals surface area contributed by atoms with E-state index in [1.807, 2.05) is 37.3 Å². The number of hydrogen-bond donors (Lipinski definition) is 1. The molecule has 1 aromatic rings. The molecule has 0 aromatic heterocycles. The van der Waals surface area contributed by atoms with Crippen LogP contribution in [0.4, 0.5) is 0 Å². The van der Waals surface area contributed by atoms with E-state index in [0.717, 1.165) is 25.0 Å². The summed E-state index contributed by atoms with van der Waals surface area (Å²) in [6, 6.07) is 10.0. The number of ether oxygens (including phenoxy) is 1. The number of para-hydroxylation sites is 1. The van der Waals surface area contributed by atoms with Crippen LogP contribution in [0, 0.1) is 0 Å². The van der Waals surface area contributed by atoms with Gasteiger partial charge in [-0.25, -0.2) is 0 Å². The van der Waals surface area contributed by atoms with E-state index in [4.69, 9.17) is 10.5 Å². The summed E-state index contributed by atoms with van der Waals surface area (Å²) in [5.74, 6) is 0.912. The first-order valence-electron chi connectivity index (χ1n) is 5.76. The van der Waals surface area contributed by atoms with Gasteiger partial charge in [0.2, 0.25) is 0 Å². The van der Waals surface area contributed by atoms with Gasteiger partial charge >= 0.3 is 0 Å². The van der Waals surface area contributed by atoms with Crippen molar-refractivity contribution < 1.29 is 4.74 Å². The first-order chi connectivity index (χ1) is 7.68. The number of allylic oxidation sites excluding steroid dienone is 1. The molecule has 0 saturated carbocycles. The summed E-state index contributed by atoms with van der Waals surface area (Å²) < 4.78 is 5.58. The Morgan fingerprint density at radius 1 is 1.31 bits per heavy atom. The van der Waals surface area contributed by atoms with Crippen LogP contribution in [0.3, 0.4) is 0 Å². The molecule has 0 aliphatic heterocycles. The summed E-state index contributed by atoms with van der Waals surface area (Å²) in [5, 5.41) is 0. The zero-order chi connectivity index (χ0) is 11.8. The van der Waals surface area contributed by atoms with Crippen molar-refractivity contribution in [3.05, 3.63) is 42.5 Å². The minimum Gasteiger partial charge on any atom is -0.494 e. The molecule has 1 aromatic carbocycles. The van der Waals surface area contributed by atoms with Crippen molar-refractivity contribution in [2.45, 2.75) is 32.2 Å². The zero-order valence-electron chi connectivity index (χ0n) is 9.99. The topological polar surface area (TPSA) is 35.2 Å². The Labute approximate surface area is 98.1 Å². The normalized spacial score (nSPS) is 12.1. The lowest BCUT2D eigenvalue weighted by atomic mass is 10.1. The average Bonchev–Trinajstić information content (AvgIpc) is 2.28. The Bertz CT molecular complexity index is 308. The van der Waals surface area contributed by atoms with E-state index < -0.39 is 0 Å². The van der Waals surface area contributed by atoms with Crippen LogP contribution >= 0.6 is 0 Å². The van der Waals surface area contributed by atoms with Crippen molar-refractivity contribution >= 4 is 0 Å². The predicted molar refractivity (Wildman–Crippen MR) is 68.6 cm³/mol. The molecule has 2 heteroatoms. The largest absolute Gasteiger partial charge is 0.494 e. The maximum atomic E-state index is 5.97. The zero-order valence-corrected chi connectivity index (χ0v) is 9.99. The lowest BCUT2D eigenvalue weighted by Gasteiger charge is -2.12. The Morgan fingerprint density at radius 2 is 2.00 bits per heavy atom. The summed E-state index contributed by atoms with van der Waals surface area (Å²) in [6.07, 6.45) is 2.89. The minimum absolute atomic E-state index is 0.209. The lowest BCUT2D eigenvalue weighted by molar-refractivity contribution is 0.294. The van der Waals surface area contributed by atoms with Crippen LogP contribution in [-0.4, -0.2) is 12.6 Å². The molecule has 2 N–H and O–H groups in total. The van der Waals surface area contributed by atoms with Crippen LogP contribution in [0.15, 0.2) is 42.5 Å².